The van der Waals surface area contributed by atoms with Crippen LogP contribution in [-0.2, 0) is 4.79 Å². The van der Waals surface area contributed by atoms with Gasteiger partial charge >= 0.3 is 0 Å². The zero-order chi connectivity index (χ0) is 14.5. The van der Waals surface area contributed by atoms with Crippen molar-refractivity contribution in [3.05, 3.63) is 30.3 Å². The predicted octanol–water partition coefficient (Wildman–Crippen LogP) is 2.06. The second kappa shape index (κ2) is 6.94. The van der Waals surface area contributed by atoms with Gasteiger partial charge in [0.2, 0.25) is 5.91 Å². The number of rotatable bonds is 4. The van der Waals surface area contributed by atoms with Crippen molar-refractivity contribution in [2.45, 2.75) is 31.7 Å². The molecular weight excluding hydrogens is 264 g/mol. The maximum absolute atomic E-state index is 12.3. The normalized spacial score (nSPS) is 25.2. The van der Waals surface area contributed by atoms with E-state index in [0.717, 1.165) is 31.8 Å². The molecule has 0 spiro atoms. The number of hydrogen-bond acceptors (Lipinski definition) is 3. The lowest BCUT2D eigenvalue weighted by molar-refractivity contribution is -0.134. The number of carbonyl (C=O) groups excluding carboxylic acids is 1. The molecule has 2 saturated heterocycles. The Labute approximate surface area is 126 Å². The molecule has 1 amide bonds. The number of likely N-dealkylation sites (tertiary alicyclic amines) is 1. The molecule has 1 aromatic rings. The van der Waals surface area contributed by atoms with Gasteiger partial charge in [-0.2, -0.15) is 0 Å². The molecule has 4 nitrogen and oxygen atoms in total. The minimum atomic E-state index is 0.231. The summed E-state index contributed by atoms with van der Waals surface area (Å²) >= 11 is 0. The lowest BCUT2D eigenvalue weighted by atomic mass is 9.85. The van der Waals surface area contributed by atoms with E-state index in [1.807, 2.05) is 35.2 Å². The zero-order valence-electron chi connectivity index (χ0n) is 12.5. The average molecular weight is 288 g/mol. The molecule has 1 aromatic carbocycles. The molecule has 2 aliphatic heterocycles. The molecule has 2 aliphatic rings. The predicted molar refractivity (Wildman–Crippen MR) is 82.3 cm³/mol. The number of nitrogens with zero attached hydrogens (tertiary/aromatic N) is 1. The molecule has 0 aromatic heterocycles. The van der Waals surface area contributed by atoms with Crippen LogP contribution in [0.25, 0.3) is 0 Å². The van der Waals surface area contributed by atoms with E-state index in [-0.39, 0.29) is 5.91 Å². The van der Waals surface area contributed by atoms with Gasteiger partial charge in [0.25, 0.3) is 0 Å². The van der Waals surface area contributed by atoms with Gasteiger partial charge in [0.05, 0.1) is 13.0 Å². The van der Waals surface area contributed by atoms with Crippen molar-refractivity contribution in [3.63, 3.8) is 0 Å². The third kappa shape index (κ3) is 3.76. The number of fused-ring (bicyclic) bond motifs is 1. The first-order valence-corrected chi connectivity index (χ1v) is 8.02. The molecule has 114 valence electrons. The van der Waals surface area contributed by atoms with Crippen LogP contribution >= 0.6 is 0 Å². The molecule has 21 heavy (non-hydrogen) atoms. The Morgan fingerprint density at radius 1 is 1.29 bits per heavy atom. The van der Waals surface area contributed by atoms with Gasteiger partial charge in [0.1, 0.15) is 5.75 Å². The van der Waals surface area contributed by atoms with E-state index in [1.54, 1.807) is 0 Å². The monoisotopic (exact) mass is 288 g/mol. The average Bonchev–Trinajstić information content (AvgIpc) is 2.55. The Bertz CT molecular complexity index is 463. The first kappa shape index (κ1) is 14.4. The smallest absolute Gasteiger partial charge is 0.226 e. The molecule has 2 fully saturated rings. The highest BCUT2D eigenvalue weighted by Gasteiger charge is 2.32. The maximum atomic E-state index is 12.3. The largest absolute Gasteiger partial charge is 0.493 e. The number of piperidine rings is 2. The Balaban J connectivity index is 1.43. The van der Waals surface area contributed by atoms with Gasteiger partial charge in [-0.1, -0.05) is 18.2 Å². The molecule has 0 aliphatic carbocycles. The number of benzene rings is 1. The number of ether oxygens (including phenoxy) is 1. The molecule has 1 N–H and O–H groups in total. The van der Waals surface area contributed by atoms with Gasteiger partial charge in [0.15, 0.2) is 0 Å². The van der Waals surface area contributed by atoms with Crippen molar-refractivity contribution in [1.82, 2.24) is 10.2 Å². The van der Waals surface area contributed by atoms with Crippen LogP contribution in [-0.4, -0.2) is 43.1 Å². The van der Waals surface area contributed by atoms with E-state index in [4.69, 9.17) is 4.74 Å². The third-order valence-corrected chi connectivity index (χ3v) is 4.57. The Morgan fingerprint density at radius 2 is 2.14 bits per heavy atom. The summed E-state index contributed by atoms with van der Waals surface area (Å²) in [5.41, 5.74) is 0. The van der Waals surface area contributed by atoms with E-state index in [2.05, 4.69) is 5.32 Å². The summed E-state index contributed by atoms with van der Waals surface area (Å²) in [5.74, 6) is 1.71. The standard InChI is InChI=1S/C17H24N2O2/c20-17(9-12-21-15-6-2-1-3-7-15)19-11-8-16-14(13-19)5-4-10-18-16/h1-3,6-7,14,16,18H,4-5,8-13H2/t14-,16+/m0/s1. The molecular formula is C17H24N2O2. The van der Waals surface area contributed by atoms with Crippen molar-refractivity contribution in [2.75, 3.05) is 26.2 Å². The van der Waals surface area contributed by atoms with Crippen molar-refractivity contribution in [1.29, 1.82) is 0 Å². The van der Waals surface area contributed by atoms with Crippen LogP contribution in [0.1, 0.15) is 25.7 Å². The number of hydrogen-bond donors (Lipinski definition) is 1. The Morgan fingerprint density at radius 3 is 3.00 bits per heavy atom. The minimum Gasteiger partial charge on any atom is -0.493 e. The molecule has 2 heterocycles. The molecule has 0 unspecified atom stereocenters. The fourth-order valence-electron chi connectivity index (χ4n) is 3.40. The number of nitrogens with one attached hydrogen (secondary N) is 1. The molecule has 0 bridgehead atoms. The second-order valence-electron chi connectivity index (χ2n) is 6.00. The summed E-state index contributed by atoms with van der Waals surface area (Å²) in [6.07, 6.45) is 4.05. The highest BCUT2D eigenvalue weighted by Crippen LogP contribution is 2.25. The molecule has 0 radical (unpaired) electrons. The molecule has 2 atom stereocenters. The van der Waals surface area contributed by atoms with E-state index in [9.17, 15) is 4.79 Å². The van der Waals surface area contributed by atoms with Crippen molar-refractivity contribution < 1.29 is 9.53 Å². The Hall–Kier alpha value is -1.55. The lowest BCUT2D eigenvalue weighted by Gasteiger charge is -2.41. The van der Waals surface area contributed by atoms with Gasteiger partial charge in [-0.25, -0.2) is 0 Å². The summed E-state index contributed by atoms with van der Waals surface area (Å²) < 4.78 is 5.61. The van der Waals surface area contributed by atoms with E-state index in [0.29, 0.717) is 25.0 Å². The van der Waals surface area contributed by atoms with Crippen LogP contribution in [0.15, 0.2) is 30.3 Å². The van der Waals surface area contributed by atoms with Crippen molar-refractivity contribution >= 4 is 5.91 Å². The van der Waals surface area contributed by atoms with Crippen LogP contribution in [0.3, 0.4) is 0 Å². The van der Waals surface area contributed by atoms with E-state index < -0.39 is 0 Å². The highest BCUT2D eigenvalue weighted by molar-refractivity contribution is 5.76. The molecule has 0 saturated carbocycles. The third-order valence-electron chi connectivity index (χ3n) is 4.57. The Kier molecular flexibility index (Phi) is 4.76. The quantitative estimate of drug-likeness (QED) is 0.922. The molecule has 3 rings (SSSR count). The lowest BCUT2D eigenvalue weighted by Crippen LogP contribution is -2.53. The summed E-state index contributed by atoms with van der Waals surface area (Å²) in [7, 11) is 0. The van der Waals surface area contributed by atoms with Crippen LogP contribution in [0, 0.1) is 5.92 Å². The van der Waals surface area contributed by atoms with Gasteiger partial charge in [-0.15, -0.1) is 0 Å². The summed E-state index contributed by atoms with van der Waals surface area (Å²) in [6, 6.07) is 10.3. The topological polar surface area (TPSA) is 41.6 Å². The van der Waals surface area contributed by atoms with Crippen molar-refractivity contribution in [3.8, 4) is 5.75 Å². The first-order chi connectivity index (χ1) is 10.3. The zero-order valence-corrected chi connectivity index (χ0v) is 12.5. The highest BCUT2D eigenvalue weighted by atomic mass is 16.5. The van der Waals surface area contributed by atoms with Gasteiger partial charge < -0.3 is 15.0 Å². The number of carbonyl (C=O) groups is 1. The van der Waals surface area contributed by atoms with E-state index >= 15 is 0 Å². The van der Waals surface area contributed by atoms with Gasteiger partial charge in [0, 0.05) is 19.1 Å². The van der Waals surface area contributed by atoms with Crippen LogP contribution in [0.4, 0.5) is 0 Å². The van der Waals surface area contributed by atoms with Crippen molar-refractivity contribution in [2.24, 2.45) is 5.92 Å². The second-order valence-corrected chi connectivity index (χ2v) is 6.00. The number of amides is 1. The van der Waals surface area contributed by atoms with Crippen LogP contribution in [0.2, 0.25) is 0 Å². The minimum absolute atomic E-state index is 0.231. The van der Waals surface area contributed by atoms with Crippen LogP contribution < -0.4 is 10.1 Å². The fraction of sp³-hybridized carbons (Fsp3) is 0.588. The van der Waals surface area contributed by atoms with Crippen LogP contribution in [0.5, 0.6) is 5.75 Å². The first-order valence-electron chi connectivity index (χ1n) is 8.02. The summed E-state index contributed by atoms with van der Waals surface area (Å²) in [6.45, 7) is 3.41. The summed E-state index contributed by atoms with van der Waals surface area (Å²) in [5, 5.41) is 3.58. The van der Waals surface area contributed by atoms with E-state index in [1.165, 1.54) is 12.8 Å². The van der Waals surface area contributed by atoms with Gasteiger partial charge in [-0.05, 0) is 43.9 Å². The maximum Gasteiger partial charge on any atom is 0.226 e. The fourth-order valence-corrected chi connectivity index (χ4v) is 3.40. The summed E-state index contributed by atoms with van der Waals surface area (Å²) in [4.78, 5) is 14.3. The SMILES string of the molecule is O=C(CCOc1ccccc1)N1CC[C@H]2NCCC[C@H]2C1. The van der Waals surface area contributed by atoms with Gasteiger partial charge in [-0.3, -0.25) is 4.79 Å². The molecule has 4 heteroatoms. The number of para-hydroxylation sites is 1.